The van der Waals surface area contributed by atoms with Gasteiger partial charge in [-0.25, -0.2) is 0 Å². The minimum absolute atomic E-state index is 0.0866. The predicted octanol–water partition coefficient (Wildman–Crippen LogP) is 2.25. The molecule has 15 heavy (non-hydrogen) atoms. The van der Waals surface area contributed by atoms with E-state index >= 15 is 0 Å². The topological polar surface area (TPSA) is 47.3 Å². The maximum absolute atomic E-state index is 5.58. The average molecular weight is 208 g/mol. The van der Waals surface area contributed by atoms with E-state index in [1.807, 2.05) is 24.3 Å². The summed E-state index contributed by atoms with van der Waals surface area (Å²) in [5.74, 6) is 6.44. The molecule has 0 aromatic heterocycles. The van der Waals surface area contributed by atoms with Crippen molar-refractivity contribution in [3.63, 3.8) is 0 Å². The summed E-state index contributed by atoms with van der Waals surface area (Å²) in [4.78, 5) is 0. The van der Waals surface area contributed by atoms with E-state index in [1.54, 1.807) is 7.11 Å². The number of rotatable bonds is 3. The average Bonchev–Trinajstić information content (AvgIpc) is 2.18. The highest BCUT2D eigenvalue weighted by Crippen LogP contribution is 2.32. The van der Waals surface area contributed by atoms with E-state index < -0.39 is 0 Å². The fourth-order valence-electron chi connectivity index (χ4n) is 1.64. The maximum atomic E-state index is 5.58. The molecule has 0 spiro atoms. The molecule has 0 fully saturated rings. The number of nitrogens with two attached hydrogens (primary N) is 1. The highest BCUT2D eigenvalue weighted by atomic mass is 16.5. The molecule has 0 heterocycles. The van der Waals surface area contributed by atoms with E-state index in [4.69, 9.17) is 10.6 Å². The lowest BCUT2D eigenvalue weighted by atomic mass is 9.83. The number of methoxy groups -OCH3 is 1. The van der Waals surface area contributed by atoms with Crippen molar-refractivity contribution in [3.05, 3.63) is 29.8 Å². The number of hydrogen-bond acceptors (Lipinski definition) is 3. The van der Waals surface area contributed by atoms with E-state index in [1.165, 1.54) is 5.56 Å². The summed E-state index contributed by atoms with van der Waals surface area (Å²) < 4.78 is 5.12. The molecule has 0 aliphatic carbocycles. The van der Waals surface area contributed by atoms with Gasteiger partial charge in [-0.15, -0.1) is 0 Å². The largest absolute Gasteiger partial charge is 0.497 e. The van der Waals surface area contributed by atoms with E-state index in [0.29, 0.717) is 0 Å². The molecule has 3 N–H and O–H groups in total. The van der Waals surface area contributed by atoms with Crippen LogP contribution in [0.15, 0.2) is 24.3 Å². The van der Waals surface area contributed by atoms with Gasteiger partial charge in [0.25, 0.3) is 0 Å². The van der Waals surface area contributed by atoms with Crippen LogP contribution in [-0.2, 0) is 0 Å². The minimum atomic E-state index is 0.0866. The van der Waals surface area contributed by atoms with Gasteiger partial charge in [0.15, 0.2) is 0 Å². The van der Waals surface area contributed by atoms with Gasteiger partial charge in [-0.05, 0) is 23.1 Å². The number of benzene rings is 1. The molecule has 0 saturated heterocycles. The third-order valence-electron chi connectivity index (χ3n) is 2.48. The Hall–Kier alpha value is -1.06. The molecule has 0 aliphatic heterocycles. The second-order valence-electron chi connectivity index (χ2n) is 4.74. The molecule has 1 rings (SSSR count). The Morgan fingerprint density at radius 3 is 2.07 bits per heavy atom. The van der Waals surface area contributed by atoms with E-state index in [9.17, 15) is 0 Å². The molecule has 0 bridgehead atoms. The molecular weight excluding hydrogens is 188 g/mol. The summed E-state index contributed by atoms with van der Waals surface area (Å²) in [6, 6.07) is 8.11. The van der Waals surface area contributed by atoms with Crippen LogP contribution >= 0.6 is 0 Å². The SMILES string of the molecule is COc1ccc(C(NN)C(C)(C)C)cc1. The van der Waals surface area contributed by atoms with Gasteiger partial charge in [0, 0.05) is 0 Å². The van der Waals surface area contributed by atoms with Gasteiger partial charge in [0.05, 0.1) is 13.2 Å². The lowest BCUT2D eigenvalue weighted by Crippen LogP contribution is -2.36. The van der Waals surface area contributed by atoms with Crippen LogP contribution in [0.2, 0.25) is 0 Å². The zero-order valence-corrected chi connectivity index (χ0v) is 9.87. The zero-order valence-electron chi connectivity index (χ0n) is 9.87. The van der Waals surface area contributed by atoms with Crippen LogP contribution in [0.3, 0.4) is 0 Å². The summed E-state index contributed by atoms with van der Waals surface area (Å²) in [6.07, 6.45) is 0. The molecule has 0 radical (unpaired) electrons. The standard InChI is InChI=1S/C12H20N2O/c1-12(2,3)11(14-13)9-5-7-10(15-4)8-6-9/h5-8,11,14H,13H2,1-4H3. The van der Waals surface area contributed by atoms with E-state index in [-0.39, 0.29) is 11.5 Å². The maximum Gasteiger partial charge on any atom is 0.118 e. The molecule has 0 amide bonds. The van der Waals surface area contributed by atoms with Crippen LogP contribution in [0.25, 0.3) is 0 Å². The Morgan fingerprint density at radius 1 is 1.20 bits per heavy atom. The highest BCUT2D eigenvalue weighted by Gasteiger charge is 2.24. The van der Waals surface area contributed by atoms with Crippen molar-refractivity contribution in [1.29, 1.82) is 0 Å². The van der Waals surface area contributed by atoms with Gasteiger partial charge < -0.3 is 4.74 Å². The molecule has 3 heteroatoms. The van der Waals surface area contributed by atoms with Crippen molar-refractivity contribution in [1.82, 2.24) is 5.43 Å². The quantitative estimate of drug-likeness (QED) is 0.591. The minimum Gasteiger partial charge on any atom is -0.497 e. The number of nitrogens with one attached hydrogen (secondary N) is 1. The summed E-state index contributed by atoms with van der Waals surface area (Å²) in [6.45, 7) is 6.46. The third-order valence-corrected chi connectivity index (χ3v) is 2.48. The van der Waals surface area contributed by atoms with Gasteiger partial charge in [0.1, 0.15) is 5.75 Å². The second-order valence-corrected chi connectivity index (χ2v) is 4.74. The van der Waals surface area contributed by atoms with Crippen LogP contribution in [0, 0.1) is 5.41 Å². The molecule has 84 valence electrons. The fraction of sp³-hybridized carbons (Fsp3) is 0.500. The Bertz CT molecular complexity index is 300. The van der Waals surface area contributed by atoms with Gasteiger partial charge in [-0.1, -0.05) is 32.9 Å². The first kappa shape index (κ1) is 12.0. The number of hydrogen-bond donors (Lipinski definition) is 2. The Kier molecular flexibility index (Phi) is 3.72. The first-order chi connectivity index (χ1) is 6.99. The lowest BCUT2D eigenvalue weighted by molar-refractivity contribution is 0.275. The van der Waals surface area contributed by atoms with Crippen molar-refractivity contribution < 1.29 is 4.74 Å². The van der Waals surface area contributed by atoms with Crippen LogP contribution in [-0.4, -0.2) is 7.11 Å². The zero-order chi connectivity index (χ0) is 11.5. The van der Waals surface area contributed by atoms with Crippen molar-refractivity contribution in [2.75, 3.05) is 7.11 Å². The Labute approximate surface area is 91.6 Å². The molecule has 1 aromatic rings. The van der Waals surface area contributed by atoms with Gasteiger partial charge in [0.2, 0.25) is 0 Å². The van der Waals surface area contributed by atoms with Crippen molar-refractivity contribution in [3.8, 4) is 5.75 Å². The molecule has 1 atom stereocenters. The lowest BCUT2D eigenvalue weighted by Gasteiger charge is -2.30. The van der Waals surface area contributed by atoms with Crippen molar-refractivity contribution in [2.45, 2.75) is 26.8 Å². The fourth-order valence-corrected chi connectivity index (χ4v) is 1.64. The number of hydrazine groups is 1. The van der Waals surface area contributed by atoms with Crippen LogP contribution < -0.4 is 16.0 Å². The monoisotopic (exact) mass is 208 g/mol. The van der Waals surface area contributed by atoms with Gasteiger partial charge >= 0.3 is 0 Å². The molecule has 0 saturated carbocycles. The second kappa shape index (κ2) is 4.64. The molecule has 0 aliphatic rings. The van der Waals surface area contributed by atoms with E-state index in [0.717, 1.165) is 5.75 Å². The number of ether oxygens (including phenoxy) is 1. The predicted molar refractivity (Wildman–Crippen MR) is 62.5 cm³/mol. The highest BCUT2D eigenvalue weighted by molar-refractivity contribution is 5.29. The van der Waals surface area contributed by atoms with Gasteiger partial charge in [-0.2, -0.15) is 0 Å². The summed E-state index contributed by atoms with van der Waals surface area (Å²) >= 11 is 0. The smallest absolute Gasteiger partial charge is 0.118 e. The summed E-state index contributed by atoms with van der Waals surface area (Å²) in [7, 11) is 1.66. The van der Waals surface area contributed by atoms with Gasteiger partial charge in [-0.3, -0.25) is 11.3 Å². The first-order valence-corrected chi connectivity index (χ1v) is 5.09. The van der Waals surface area contributed by atoms with Crippen molar-refractivity contribution in [2.24, 2.45) is 11.3 Å². The Balaban J connectivity index is 2.93. The van der Waals surface area contributed by atoms with Crippen molar-refractivity contribution >= 4 is 0 Å². The van der Waals surface area contributed by atoms with Crippen LogP contribution in [0.1, 0.15) is 32.4 Å². The summed E-state index contributed by atoms with van der Waals surface area (Å²) in [5.41, 5.74) is 4.11. The molecule has 1 aromatic carbocycles. The molecule has 3 nitrogen and oxygen atoms in total. The normalized spacial score (nSPS) is 13.7. The molecule has 1 unspecified atom stereocenters. The summed E-state index contributed by atoms with van der Waals surface area (Å²) in [5, 5.41) is 0. The van der Waals surface area contributed by atoms with E-state index in [2.05, 4.69) is 26.2 Å². The Morgan fingerprint density at radius 2 is 1.73 bits per heavy atom. The van der Waals surface area contributed by atoms with Crippen LogP contribution in [0.4, 0.5) is 0 Å². The molecular formula is C12H20N2O. The third kappa shape index (κ3) is 2.94. The van der Waals surface area contributed by atoms with Crippen LogP contribution in [0.5, 0.6) is 5.75 Å². The first-order valence-electron chi connectivity index (χ1n) is 5.09.